The van der Waals surface area contributed by atoms with Crippen molar-refractivity contribution in [3.05, 3.63) is 35.4 Å². The number of hydrogen-bond acceptors (Lipinski definition) is 1. The fourth-order valence-electron chi connectivity index (χ4n) is 1.74. The molecule has 0 saturated heterocycles. The summed E-state index contributed by atoms with van der Waals surface area (Å²) < 4.78 is 26.0. The van der Waals surface area contributed by atoms with Gasteiger partial charge in [-0.05, 0) is 30.4 Å². The van der Waals surface area contributed by atoms with Crippen LogP contribution in [0.3, 0.4) is 0 Å². The fraction of sp³-hybridized carbons (Fsp3) is 0.500. The monoisotopic (exact) mass is 333 g/mol. The summed E-state index contributed by atoms with van der Waals surface area (Å²) in [5.74, 6) is -1.95. The molecule has 1 amide bonds. The minimum absolute atomic E-state index is 0.00814. The highest BCUT2D eigenvalue weighted by atomic mass is 79.9. The number of amides is 1. The van der Waals surface area contributed by atoms with Gasteiger partial charge in [0.15, 0.2) is 0 Å². The number of rotatable bonds is 6. The number of hydrogen-bond donors (Lipinski definition) is 1. The Morgan fingerprint density at radius 3 is 2.37 bits per heavy atom. The van der Waals surface area contributed by atoms with Crippen LogP contribution < -0.4 is 5.32 Å². The Morgan fingerprint density at radius 1 is 1.26 bits per heavy atom. The molecule has 0 unspecified atom stereocenters. The molecule has 0 aliphatic rings. The first-order valence-electron chi connectivity index (χ1n) is 6.14. The minimum atomic E-state index is -0.747. The Balaban J connectivity index is 2.60. The summed E-state index contributed by atoms with van der Waals surface area (Å²) in [6.45, 7) is 4.56. The van der Waals surface area contributed by atoms with Gasteiger partial charge in [-0.3, -0.25) is 4.79 Å². The lowest BCUT2D eigenvalue weighted by atomic mass is 9.88. The number of alkyl halides is 1. The zero-order chi connectivity index (χ0) is 14.5. The van der Waals surface area contributed by atoms with E-state index in [1.54, 1.807) is 0 Å². The van der Waals surface area contributed by atoms with Gasteiger partial charge >= 0.3 is 0 Å². The Morgan fingerprint density at radius 2 is 1.84 bits per heavy atom. The van der Waals surface area contributed by atoms with Crippen LogP contribution in [-0.2, 0) is 0 Å². The van der Waals surface area contributed by atoms with Gasteiger partial charge in [-0.2, -0.15) is 0 Å². The molecule has 0 spiro atoms. The molecular weight excluding hydrogens is 316 g/mol. The lowest BCUT2D eigenvalue weighted by molar-refractivity contribution is 0.0933. The summed E-state index contributed by atoms with van der Waals surface area (Å²) in [6.07, 6.45) is 1.97. The second-order valence-corrected chi connectivity index (χ2v) is 6.09. The maximum atomic E-state index is 13.0. The maximum Gasteiger partial charge on any atom is 0.251 e. The van der Waals surface area contributed by atoms with Crippen LogP contribution in [0, 0.1) is 17.0 Å². The number of halogens is 3. The highest BCUT2D eigenvalue weighted by Gasteiger charge is 2.19. The Kier molecular flexibility index (Phi) is 5.91. The molecule has 0 aliphatic heterocycles. The average Bonchev–Trinajstić information content (AvgIpc) is 2.32. The van der Waals surface area contributed by atoms with Crippen LogP contribution in [0.2, 0.25) is 0 Å². The summed E-state index contributed by atoms with van der Waals surface area (Å²) in [5, 5.41) is 3.63. The van der Waals surface area contributed by atoms with Crippen molar-refractivity contribution in [3.63, 3.8) is 0 Å². The van der Waals surface area contributed by atoms with Crippen molar-refractivity contribution in [2.24, 2.45) is 5.41 Å². The molecule has 19 heavy (non-hydrogen) atoms. The van der Waals surface area contributed by atoms with Gasteiger partial charge in [-0.1, -0.05) is 29.8 Å². The standard InChI is InChI=1S/C14H18BrF2NO/c1-14(2,4-3-5-15)9-18-13(19)10-6-11(16)8-12(17)7-10/h6-8H,3-5,9H2,1-2H3,(H,18,19). The first kappa shape index (κ1) is 16.1. The van der Waals surface area contributed by atoms with Crippen molar-refractivity contribution < 1.29 is 13.6 Å². The highest BCUT2D eigenvalue weighted by molar-refractivity contribution is 9.09. The van der Waals surface area contributed by atoms with Gasteiger partial charge in [0.05, 0.1) is 0 Å². The second kappa shape index (κ2) is 6.98. The highest BCUT2D eigenvalue weighted by Crippen LogP contribution is 2.21. The van der Waals surface area contributed by atoms with Crippen LogP contribution in [0.4, 0.5) is 8.78 Å². The van der Waals surface area contributed by atoms with Crippen LogP contribution in [-0.4, -0.2) is 17.8 Å². The maximum absolute atomic E-state index is 13.0. The molecule has 0 radical (unpaired) electrons. The molecule has 1 N–H and O–H groups in total. The van der Waals surface area contributed by atoms with E-state index < -0.39 is 17.5 Å². The molecule has 0 atom stereocenters. The molecule has 0 saturated carbocycles. The van der Waals surface area contributed by atoms with Gasteiger partial charge in [-0.25, -0.2) is 8.78 Å². The summed E-state index contributed by atoms with van der Waals surface area (Å²) in [6, 6.07) is 2.81. The van der Waals surface area contributed by atoms with Crippen molar-refractivity contribution in [2.45, 2.75) is 26.7 Å². The normalized spacial score (nSPS) is 11.4. The summed E-state index contributed by atoms with van der Waals surface area (Å²) >= 11 is 3.36. The van der Waals surface area contributed by atoms with Crippen molar-refractivity contribution in [1.29, 1.82) is 0 Å². The van der Waals surface area contributed by atoms with E-state index in [2.05, 4.69) is 21.2 Å². The molecule has 1 rings (SSSR count). The topological polar surface area (TPSA) is 29.1 Å². The fourth-order valence-corrected chi connectivity index (χ4v) is 2.02. The average molecular weight is 334 g/mol. The molecule has 1 aromatic carbocycles. The number of nitrogens with one attached hydrogen (secondary N) is 1. The zero-order valence-corrected chi connectivity index (χ0v) is 12.7. The Labute approximate surface area is 120 Å². The van der Waals surface area contributed by atoms with E-state index in [0.29, 0.717) is 6.54 Å². The molecular formula is C14H18BrF2NO. The third-order valence-corrected chi connectivity index (χ3v) is 3.40. The SMILES string of the molecule is CC(C)(CCCBr)CNC(=O)c1cc(F)cc(F)c1. The molecule has 0 heterocycles. The molecule has 0 aromatic heterocycles. The first-order chi connectivity index (χ1) is 8.84. The van der Waals surface area contributed by atoms with Gasteiger partial charge in [0.25, 0.3) is 5.91 Å². The van der Waals surface area contributed by atoms with E-state index in [9.17, 15) is 13.6 Å². The summed E-state index contributed by atoms with van der Waals surface area (Å²) in [4.78, 5) is 11.8. The molecule has 1 aromatic rings. The van der Waals surface area contributed by atoms with E-state index in [-0.39, 0.29) is 11.0 Å². The van der Waals surface area contributed by atoms with Gasteiger partial charge < -0.3 is 5.32 Å². The van der Waals surface area contributed by atoms with Crippen molar-refractivity contribution in [3.8, 4) is 0 Å². The molecule has 0 fully saturated rings. The molecule has 0 bridgehead atoms. The Bertz CT molecular complexity index is 429. The van der Waals surface area contributed by atoms with E-state index in [1.165, 1.54) is 0 Å². The van der Waals surface area contributed by atoms with Gasteiger partial charge in [0.2, 0.25) is 0 Å². The van der Waals surface area contributed by atoms with Crippen molar-refractivity contribution in [1.82, 2.24) is 5.32 Å². The predicted octanol–water partition coefficient (Wildman–Crippen LogP) is 3.90. The largest absolute Gasteiger partial charge is 0.351 e. The third kappa shape index (κ3) is 5.68. The lowest BCUT2D eigenvalue weighted by Crippen LogP contribution is -2.34. The predicted molar refractivity (Wildman–Crippen MR) is 75.5 cm³/mol. The van der Waals surface area contributed by atoms with Gasteiger partial charge in [0.1, 0.15) is 11.6 Å². The van der Waals surface area contributed by atoms with Crippen LogP contribution in [0.25, 0.3) is 0 Å². The second-order valence-electron chi connectivity index (χ2n) is 5.30. The van der Waals surface area contributed by atoms with Gasteiger partial charge in [-0.15, -0.1) is 0 Å². The zero-order valence-electron chi connectivity index (χ0n) is 11.1. The number of carbonyl (C=O) groups excluding carboxylic acids is 1. The van der Waals surface area contributed by atoms with E-state index in [0.717, 1.165) is 36.4 Å². The molecule has 5 heteroatoms. The minimum Gasteiger partial charge on any atom is -0.351 e. The Hall–Kier alpha value is -0.970. The van der Waals surface area contributed by atoms with Crippen LogP contribution >= 0.6 is 15.9 Å². The molecule has 2 nitrogen and oxygen atoms in total. The molecule has 106 valence electrons. The summed E-state index contributed by atoms with van der Waals surface area (Å²) in [7, 11) is 0. The van der Waals surface area contributed by atoms with E-state index in [1.807, 2.05) is 13.8 Å². The first-order valence-corrected chi connectivity index (χ1v) is 7.26. The lowest BCUT2D eigenvalue weighted by Gasteiger charge is -2.24. The van der Waals surface area contributed by atoms with E-state index >= 15 is 0 Å². The number of benzene rings is 1. The third-order valence-electron chi connectivity index (χ3n) is 2.84. The van der Waals surface area contributed by atoms with E-state index in [4.69, 9.17) is 0 Å². The van der Waals surface area contributed by atoms with Crippen LogP contribution in [0.5, 0.6) is 0 Å². The van der Waals surface area contributed by atoms with Crippen molar-refractivity contribution >= 4 is 21.8 Å². The summed E-state index contributed by atoms with van der Waals surface area (Å²) in [5.41, 5.74) is -0.0382. The van der Waals surface area contributed by atoms with Crippen molar-refractivity contribution in [2.75, 3.05) is 11.9 Å². The molecule has 0 aliphatic carbocycles. The van der Waals surface area contributed by atoms with Crippen LogP contribution in [0.1, 0.15) is 37.0 Å². The van der Waals surface area contributed by atoms with Gasteiger partial charge in [0, 0.05) is 23.5 Å². The quantitative estimate of drug-likeness (QED) is 0.786. The number of carbonyl (C=O) groups is 1. The smallest absolute Gasteiger partial charge is 0.251 e. The van der Waals surface area contributed by atoms with Crippen LogP contribution in [0.15, 0.2) is 18.2 Å².